The Balaban J connectivity index is 1.15. The van der Waals surface area contributed by atoms with Crippen molar-refractivity contribution >= 4 is 62.4 Å². The fourth-order valence-corrected chi connectivity index (χ4v) is 11.6. The average Bonchev–Trinajstić information content (AvgIpc) is 3.76. The second-order valence-corrected chi connectivity index (χ2v) is 15.3. The number of piperidine rings is 1. The Morgan fingerprint density at radius 1 is 0.953 bits per heavy atom. The zero-order valence-electron chi connectivity index (χ0n) is 23.2. The molecule has 2 bridgehead atoms. The average molecular weight is 681 g/mol. The molecule has 2 aromatic carbocycles. The summed E-state index contributed by atoms with van der Waals surface area (Å²) in [7, 11) is 0. The molecule has 8 nitrogen and oxygen atoms in total. The lowest BCUT2D eigenvalue weighted by molar-refractivity contribution is -0.134. The first-order valence-corrected chi connectivity index (χ1v) is 17.4. The summed E-state index contributed by atoms with van der Waals surface area (Å²) in [6.07, 6.45) is 4.00. The van der Waals surface area contributed by atoms with Gasteiger partial charge >= 0.3 is 4.87 Å². The summed E-state index contributed by atoms with van der Waals surface area (Å²) in [6, 6.07) is 15.1. The number of likely N-dealkylation sites (tertiary alicyclic amines) is 1. The first kappa shape index (κ1) is 27.6. The number of ether oxygens (including phenoxy) is 1. The van der Waals surface area contributed by atoms with Crippen molar-refractivity contribution in [1.82, 2.24) is 9.88 Å². The minimum atomic E-state index is -0.378. The molecule has 43 heavy (non-hydrogen) atoms. The van der Waals surface area contributed by atoms with Crippen molar-refractivity contribution in [3.63, 3.8) is 0 Å². The maximum Gasteiger partial charge on any atom is 0.305 e. The molecular formula is C32H30BrN3O5S2. The van der Waals surface area contributed by atoms with Crippen LogP contribution in [0.25, 0.3) is 0 Å². The molecule has 3 aliphatic heterocycles. The quantitative estimate of drug-likeness (QED) is 0.369. The lowest BCUT2D eigenvalue weighted by Crippen LogP contribution is -2.43. The number of hydrogen-bond donors (Lipinski definition) is 1. The SMILES string of the molecule is O=C(COc1ccccc1[C@@H]1c2sc(=O)[nH]c2S[C@@H]2[C@@H]3C[C@@H]([C@@H]4C(=O)N(c5ccc(Br)cc5)C(=O)[C@@H]34)[C@H]12)N1CCCCC1. The normalized spacial score (nSPS) is 30.8. The lowest BCUT2D eigenvalue weighted by Gasteiger charge is -2.43. The van der Waals surface area contributed by atoms with Gasteiger partial charge in [0, 0.05) is 39.2 Å². The van der Waals surface area contributed by atoms with Gasteiger partial charge in [-0.05, 0) is 73.8 Å². The number of thioether (sulfide) groups is 1. The topological polar surface area (TPSA) is 99.8 Å². The monoisotopic (exact) mass is 679 g/mol. The number of hydrogen-bond acceptors (Lipinski definition) is 7. The number of nitrogens with one attached hydrogen (secondary N) is 1. The Morgan fingerprint density at radius 2 is 1.67 bits per heavy atom. The van der Waals surface area contributed by atoms with Gasteiger partial charge in [-0.2, -0.15) is 0 Å². The Labute approximate surface area is 265 Å². The van der Waals surface area contributed by atoms with Crippen molar-refractivity contribution < 1.29 is 19.1 Å². The van der Waals surface area contributed by atoms with Crippen molar-refractivity contribution in [2.24, 2.45) is 29.6 Å². The highest BCUT2D eigenvalue weighted by molar-refractivity contribution is 9.10. The number of nitrogens with zero attached hydrogens (tertiary/aromatic N) is 2. The molecule has 2 aliphatic carbocycles. The van der Waals surface area contributed by atoms with E-state index in [0.29, 0.717) is 11.4 Å². The van der Waals surface area contributed by atoms with Gasteiger partial charge in [0.05, 0.1) is 22.5 Å². The van der Waals surface area contributed by atoms with Crippen LogP contribution in [0.4, 0.5) is 5.69 Å². The summed E-state index contributed by atoms with van der Waals surface area (Å²) in [5.41, 5.74) is 1.55. The molecule has 4 heterocycles. The molecule has 1 aromatic heterocycles. The Bertz CT molecular complexity index is 1680. The number of fused-ring (bicyclic) bond motifs is 9. The highest BCUT2D eigenvalue weighted by Gasteiger charge is 2.69. The number of thiazole rings is 1. The third kappa shape index (κ3) is 4.36. The van der Waals surface area contributed by atoms with Crippen molar-refractivity contribution in [3.05, 3.63) is 73.1 Å². The van der Waals surface area contributed by atoms with Crippen LogP contribution in [0.2, 0.25) is 0 Å². The van der Waals surface area contributed by atoms with E-state index < -0.39 is 0 Å². The summed E-state index contributed by atoms with van der Waals surface area (Å²) in [4.78, 5) is 60.7. The predicted octanol–water partition coefficient (Wildman–Crippen LogP) is 5.27. The molecule has 222 valence electrons. The summed E-state index contributed by atoms with van der Waals surface area (Å²) < 4.78 is 7.14. The number of aromatic nitrogens is 1. The summed E-state index contributed by atoms with van der Waals surface area (Å²) in [5, 5.41) is 0.935. The third-order valence-corrected chi connectivity index (χ3v) is 13.2. The van der Waals surface area contributed by atoms with E-state index in [2.05, 4.69) is 20.9 Å². The maximum atomic E-state index is 14.0. The molecule has 0 unspecified atom stereocenters. The Hall–Kier alpha value is -2.89. The Kier molecular flexibility index (Phi) is 6.83. The standard InChI is InChI=1S/C32H30BrN3O5S2/c33-16-8-10-17(11-9-16)36-30(38)25-19-14-20(26(25)31(36)39)27-24(19)23(28-29(42-27)34-32(40)43-28)18-6-2-3-7-21(18)41-15-22(37)35-12-4-1-5-13-35/h2-3,6-11,19-20,23-27H,1,4-5,12-15H2,(H,34,40)/t19-,20-,23+,24-,25+,26+,27-/m1/s1. The van der Waals surface area contributed by atoms with E-state index in [9.17, 15) is 19.2 Å². The number of rotatable bonds is 5. The molecule has 3 amide bonds. The van der Waals surface area contributed by atoms with Gasteiger partial charge < -0.3 is 14.6 Å². The number of aromatic amines is 1. The number of carbonyl (C=O) groups is 3. The van der Waals surface area contributed by atoms with Crippen molar-refractivity contribution in [2.75, 3.05) is 24.6 Å². The van der Waals surface area contributed by atoms with E-state index in [-0.39, 0.29) is 70.0 Å². The fraction of sp³-hybridized carbons (Fsp3) is 0.438. The fourth-order valence-electron chi connectivity index (χ4n) is 8.45. The smallest absolute Gasteiger partial charge is 0.305 e. The molecule has 2 saturated heterocycles. The highest BCUT2D eigenvalue weighted by Crippen LogP contribution is 2.69. The van der Waals surface area contributed by atoms with Crippen LogP contribution < -0.4 is 14.5 Å². The van der Waals surface area contributed by atoms with Gasteiger partial charge in [-0.1, -0.05) is 45.5 Å². The van der Waals surface area contributed by atoms with E-state index in [0.717, 1.165) is 58.7 Å². The van der Waals surface area contributed by atoms with Crippen LogP contribution in [0, 0.1) is 29.6 Å². The predicted molar refractivity (Wildman–Crippen MR) is 167 cm³/mol. The molecule has 0 spiro atoms. The highest BCUT2D eigenvalue weighted by atomic mass is 79.9. The summed E-state index contributed by atoms with van der Waals surface area (Å²) >= 11 is 6.34. The molecule has 7 atom stereocenters. The zero-order valence-corrected chi connectivity index (χ0v) is 26.5. The largest absolute Gasteiger partial charge is 0.483 e. The molecule has 3 aromatic rings. The number of amides is 3. The van der Waals surface area contributed by atoms with Gasteiger partial charge in [0.2, 0.25) is 11.8 Å². The molecule has 0 radical (unpaired) electrons. The molecule has 11 heteroatoms. The lowest BCUT2D eigenvalue weighted by atomic mass is 9.68. The molecule has 1 N–H and O–H groups in total. The van der Waals surface area contributed by atoms with Crippen LogP contribution >= 0.6 is 39.0 Å². The summed E-state index contributed by atoms with van der Waals surface area (Å²) in [6.45, 7) is 1.50. The van der Waals surface area contributed by atoms with Crippen LogP contribution in [-0.4, -0.2) is 52.6 Å². The van der Waals surface area contributed by atoms with Gasteiger partial charge in [0.1, 0.15) is 5.75 Å². The number of benzene rings is 2. The van der Waals surface area contributed by atoms with Crippen LogP contribution in [0.3, 0.4) is 0 Å². The third-order valence-electron chi connectivity index (χ3n) is 10.1. The van der Waals surface area contributed by atoms with E-state index >= 15 is 0 Å². The van der Waals surface area contributed by atoms with Crippen LogP contribution in [-0.2, 0) is 14.4 Å². The molecule has 5 aliphatic rings. The van der Waals surface area contributed by atoms with E-state index in [1.807, 2.05) is 53.4 Å². The second-order valence-electron chi connectivity index (χ2n) is 12.2. The van der Waals surface area contributed by atoms with E-state index in [1.165, 1.54) is 16.2 Å². The first-order chi connectivity index (χ1) is 20.9. The van der Waals surface area contributed by atoms with Gasteiger partial charge in [-0.15, -0.1) is 11.8 Å². The number of para-hydroxylation sites is 1. The molecule has 8 rings (SSSR count). The second kappa shape index (κ2) is 10.6. The zero-order chi connectivity index (χ0) is 29.4. The van der Waals surface area contributed by atoms with Gasteiger partial charge in [0.15, 0.2) is 6.61 Å². The Morgan fingerprint density at radius 3 is 2.44 bits per heavy atom. The van der Waals surface area contributed by atoms with Crippen molar-refractivity contribution in [2.45, 2.75) is 41.9 Å². The number of imide groups is 1. The van der Waals surface area contributed by atoms with Gasteiger partial charge in [0.25, 0.3) is 5.91 Å². The molecule has 4 fully saturated rings. The number of H-pyrrole nitrogens is 1. The van der Waals surface area contributed by atoms with Crippen LogP contribution in [0.1, 0.15) is 42.0 Å². The van der Waals surface area contributed by atoms with Crippen LogP contribution in [0.5, 0.6) is 5.75 Å². The molecule has 2 saturated carbocycles. The number of anilines is 1. The number of halogens is 1. The van der Waals surface area contributed by atoms with Crippen LogP contribution in [0.15, 0.2) is 62.8 Å². The molecular weight excluding hydrogens is 650 g/mol. The van der Waals surface area contributed by atoms with Gasteiger partial charge in [-0.25, -0.2) is 0 Å². The van der Waals surface area contributed by atoms with Crippen molar-refractivity contribution in [1.29, 1.82) is 0 Å². The first-order valence-electron chi connectivity index (χ1n) is 14.9. The maximum absolute atomic E-state index is 14.0. The van der Waals surface area contributed by atoms with Crippen molar-refractivity contribution in [3.8, 4) is 5.75 Å². The summed E-state index contributed by atoms with van der Waals surface area (Å²) in [5.74, 6) is -0.400. The minimum absolute atomic E-state index is 0.00258. The van der Waals surface area contributed by atoms with Gasteiger partial charge in [-0.3, -0.25) is 24.1 Å². The van der Waals surface area contributed by atoms with E-state index in [4.69, 9.17) is 4.74 Å². The number of carbonyl (C=O) groups excluding carboxylic acids is 3. The van der Waals surface area contributed by atoms with E-state index in [1.54, 1.807) is 11.8 Å². The minimum Gasteiger partial charge on any atom is -0.483 e.